The summed E-state index contributed by atoms with van der Waals surface area (Å²) in [5, 5.41) is 6.87. The summed E-state index contributed by atoms with van der Waals surface area (Å²) in [6, 6.07) is 8.17. The fourth-order valence-electron chi connectivity index (χ4n) is 2.87. The quantitative estimate of drug-likeness (QED) is 0.760. The molecule has 4 rings (SSSR count). The normalized spacial score (nSPS) is 16.3. The number of halogens is 3. The van der Waals surface area contributed by atoms with E-state index in [1.807, 2.05) is 6.92 Å². The summed E-state index contributed by atoms with van der Waals surface area (Å²) in [7, 11) is 0. The minimum absolute atomic E-state index is 0.155. The van der Waals surface area contributed by atoms with Gasteiger partial charge in [0, 0.05) is 11.3 Å². The minimum atomic E-state index is -4.20. The average molecular weight is 333 g/mol. The molecule has 0 bridgehead atoms. The first-order chi connectivity index (χ1) is 11.4. The number of hydrogen-bond donors (Lipinski definition) is 1. The van der Waals surface area contributed by atoms with E-state index in [4.69, 9.17) is 4.42 Å². The van der Waals surface area contributed by atoms with Crippen LogP contribution in [0.5, 0.6) is 0 Å². The maximum absolute atomic E-state index is 13.2. The summed E-state index contributed by atoms with van der Waals surface area (Å²) in [5.74, 6) is 0.368. The van der Waals surface area contributed by atoms with Gasteiger partial charge in [0.2, 0.25) is 5.89 Å². The van der Waals surface area contributed by atoms with E-state index < -0.39 is 11.6 Å². The molecule has 4 nitrogen and oxygen atoms in total. The summed E-state index contributed by atoms with van der Waals surface area (Å²) in [4.78, 5) is 4.35. The van der Waals surface area contributed by atoms with Crippen molar-refractivity contribution in [2.45, 2.75) is 31.4 Å². The topological polar surface area (TPSA) is 54.7 Å². The highest BCUT2D eigenvalue weighted by Gasteiger charge is 2.64. The highest BCUT2D eigenvalue weighted by Crippen LogP contribution is 2.58. The molecule has 0 spiro atoms. The van der Waals surface area contributed by atoms with E-state index in [1.165, 1.54) is 18.4 Å². The number of benzene rings is 1. The highest BCUT2D eigenvalue weighted by atomic mass is 19.4. The largest absolute Gasteiger partial charge is 0.443 e. The molecule has 124 valence electrons. The van der Waals surface area contributed by atoms with E-state index in [0.717, 1.165) is 5.69 Å². The van der Waals surface area contributed by atoms with Crippen molar-refractivity contribution in [2.75, 3.05) is 0 Å². The highest BCUT2D eigenvalue weighted by molar-refractivity contribution is 5.62. The van der Waals surface area contributed by atoms with Crippen molar-refractivity contribution in [3.05, 3.63) is 47.9 Å². The number of oxazole rings is 1. The molecule has 1 aromatic carbocycles. The predicted molar refractivity (Wildman–Crippen MR) is 81.2 cm³/mol. The second-order valence-corrected chi connectivity index (χ2v) is 6.13. The lowest BCUT2D eigenvalue weighted by Gasteiger charge is -2.19. The SMILES string of the molecule is Cc1cc(-c2nc(-c3ccc(C4(C(F)(F)F)CC4)cc3)co2)n[nH]1. The van der Waals surface area contributed by atoms with Crippen LogP contribution in [0.1, 0.15) is 24.1 Å². The van der Waals surface area contributed by atoms with Gasteiger partial charge in [0.15, 0.2) is 0 Å². The van der Waals surface area contributed by atoms with Gasteiger partial charge in [-0.15, -0.1) is 0 Å². The lowest BCUT2D eigenvalue weighted by Crippen LogP contribution is -2.28. The molecule has 24 heavy (non-hydrogen) atoms. The smallest absolute Gasteiger partial charge is 0.398 e. The van der Waals surface area contributed by atoms with Crippen LogP contribution in [0.25, 0.3) is 22.8 Å². The Hall–Kier alpha value is -2.57. The van der Waals surface area contributed by atoms with Gasteiger partial charge in [0.25, 0.3) is 0 Å². The van der Waals surface area contributed by atoms with Crippen LogP contribution in [0.4, 0.5) is 13.2 Å². The number of rotatable bonds is 3. The Labute approximate surface area is 135 Å². The van der Waals surface area contributed by atoms with E-state index in [0.29, 0.717) is 28.4 Å². The number of nitrogens with one attached hydrogen (secondary N) is 1. The van der Waals surface area contributed by atoms with Gasteiger partial charge in [0.05, 0.1) is 5.41 Å². The number of H-pyrrole nitrogens is 1. The van der Waals surface area contributed by atoms with Gasteiger partial charge in [-0.3, -0.25) is 5.10 Å². The molecular weight excluding hydrogens is 319 g/mol. The Kier molecular flexibility index (Phi) is 3.10. The molecule has 0 amide bonds. The number of aromatic nitrogens is 3. The first-order valence-electron chi connectivity index (χ1n) is 7.55. The first kappa shape index (κ1) is 15.0. The average Bonchev–Trinajstić information content (AvgIpc) is 3.04. The molecule has 0 saturated heterocycles. The molecule has 7 heteroatoms. The van der Waals surface area contributed by atoms with E-state index >= 15 is 0 Å². The second-order valence-electron chi connectivity index (χ2n) is 6.13. The molecule has 1 aliphatic rings. The number of aryl methyl sites for hydroxylation is 1. The molecule has 2 aromatic heterocycles. The summed E-state index contributed by atoms with van der Waals surface area (Å²) in [5.41, 5.74) is 1.39. The van der Waals surface area contributed by atoms with Gasteiger partial charge in [-0.05, 0) is 31.4 Å². The number of aromatic amines is 1. The van der Waals surface area contributed by atoms with Gasteiger partial charge in [0.1, 0.15) is 17.7 Å². The third-order valence-corrected chi connectivity index (χ3v) is 4.46. The van der Waals surface area contributed by atoms with Crippen molar-refractivity contribution in [2.24, 2.45) is 0 Å². The fraction of sp³-hybridized carbons (Fsp3) is 0.294. The molecule has 0 radical (unpaired) electrons. The van der Waals surface area contributed by atoms with E-state index in [-0.39, 0.29) is 12.8 Å². The Balaban J connectivity index is 1.61. The van der Waals surface area contributed by atoms with E-state index in [2.05, 4.69) is 15.2 Å². The Bertz CT molecular complexity index is 873. The molecular formula is C17H14F3N3O. The van der Waals surface area contributed by atoms with Crippen LogP contribution in [0, 0.1) is 6.92 Å². The Morgan fingerprint density at radius 2 is 1.83 bits per heavy atom. The Morgan fingerprint density at radius 1 is 1.12 bits per heavy atom. The lowest BCUT2D eigenvalue weighted by atomic mass is 9.94. The van der Waals surface area contributed by atoms with Crippen LogP contribution in [0.15, 0.2) is 41.0 Å². The van der Waals surface area contributed by atoms with Crippen LogP contribution in [-0.4, -0.2) is 21.4 Å². The maximum Gasteiger partial charge on any atom is 0.398 e. The van der Waals surface area contributed by atoms with Crippen LogP contribution in [0.3, 0.4) is 0 Å². The molecule has 1 fully saturated rings. The van der Waals surface area contributed by atoms with Gasteiger partial charge < -0.3 is 4.42 Å². The summed E-state index contributed by atoms with van der Waals surface area (Å²) in [6.45, 7) is 1.87. The zero-order valence-corrected chi connectivity index (χ0v) is 12.8. The van der Waals surface area contributed by atoms with Crippen molar-refractivity contribution < 1.29 is 17.6 Å². The summed E-state index contributed by atoms with van der Waals surface area (Å²) < 4.78 is 44.9. The van der Waals surface area contributed by atoms with E-state index in [1.54, 1.807) is 18.2 Å². The van der Waals surface area contributed by atoms with Crippen molar-refractivity contribution in [3.63, 3.8) is 0 Å². The zero-order chi connectivity index (χ0) is 16.9. The molecule has 3 aromatic rings. The van der Waals surface area contributed by atoms with Crippen LogP contribution >= 0.6 is 0 Å². The number of alkyl halides is 3. The van der Waals surface area contributed by atoms with Gasteiger partial charge in [-0.25, -0.2) is 4.98 Å². The predicted octanol–water partition coefficient (Wildman–Crippen LogP) is 4.63. The minimum Gasteiger partial charge on any atom is -0.443 e. The number of nitrogens with zero attached hydrogens (tertiary/aromatic N) is 2. The lowest BCUT2D eigenvalue weighted by molar-refractivity contribution is -0.160. The molecule has 0 aliphatic heterocycles. The van der Waals surface area contributed by atoms with Gasteiger partial charge in [-0.1, -0.05) is 24.3 Å². The molecule has 1 saturated carbocycles. The molecule has 0 unspecified atom stereocenters. The molecule has 1 aliphatic carbocycles. The third-order valence-electron chi connectivity index (χ3n) is 4.46. The second kappa shape index (κ2) is 4.96. The van der Waals surface area contributed by atoms with Crippen LogP contribution in [0.2, 0.25) is 0 Å². The third kappa shape index (κ3) is 2.31. The maximum atomic E-state index is 13.2. The van der Waals surface area contributed by atoms with Crippen molar-refractivity contribution in [1.82, 2.24) is 15.2 Å². The summed E-state index contributed by atoms with van der Waals surface area (Å²) >= 11 is 0. The van der Waals surface area contributed by atoms with Crippen LogP contribution in [-0.2, 0) is 5.41 Å². The fourth-order valence-corrected chi connectivity index (χ4v) is 2.87. The molecule has 1 N–H and O–H groups in total. The van der Waals surface area contributed by atoms with Crippen molar-refractivity contribution in [3.8, 4) is 22.8 Å². The Morgan fingerprint density at radius 3 is 2.38 bits per heavy atom. The number of hydrogen-bond acceptors (Lipinski definition) is 3. The van der Waals surface area contributed by atoms with Crippen molar-refractivity contribution in [1.29, 1.82) is 0 Å². The monoisotopic (exact) mass is 333 g/mol. The van der Waals surface area contributed by atoms with Crippen molar-refractivity contribution >= 4 is 0 Å². The standard InChI is InChI=1S/C17H14F3N3O/c1-10-8-13(23-22-10)15-21-14(9-24-15)11-2-4-12(5-3-11)16(6-7-16)17(18,19)20/h2-5,8-9H,6-7H2,1H3,(H,22,23). The zero-order valence-electron chi connectivity index (χ0n) is 12.8. The van der Waals surface area contributed by atoms with Gasteiger partial charge >= 0.3 is 6.18 Å². The van der Waals surface area contributed by atoms with Gasteiger partial charge in [-0.2, -0.15) is 18.3 Å². The van der Waals surface area contributed by atoms with Crippen LogP contribution < -0.4 is 0 Å². The van der Waals surface area contributed by atoms with E-state index in [9.17, 15) is 13.2 Å². The molecule has 0 atom stereocenters. The first-order valence-corrected chi connectivity index (χ1v) is 7.55. The molecule has 2 heterocycles. The summed E-state index contributed by atoms with van der Waals surface area (Å²) in [6.07, 6.45) is -2.41.